The number of carbonyl (C=O) groups excluding carboxylic acids is 1. The van der Waals surface area contributed by atoms with Crippen molar-refractivity contribution in [3.8, 4) is 22.6 Å². The topological polar surface area (TPSA) is 97.3 Å². The zero-order valence-corrected chi connectivity index (χ0v) is 20.2. The van der Waals surface area contributed by atoms with Crippen LogP contribution < -0.4 is 0 Å². The summed E-state index contributed by atoms with van der Waals surface area (Å²) >= 11 is 1.22. The number of nitrogens with one attached hydrogen (secondary N) is 1. The number of carbonyl (C=O) groups is 1. The summed E-state index contributed by atoms with van der Waals surface area (Å²) in [6, 6.07) is 10.2. The number of sulfone groups is 1. The van der Waals surface area contributed by atoms with Crippen LogP contribution in [0.3, 0.4) is 0 Å². The molecule has 3 aromatic rings. The molecule has 0 unspecified atom stereocenters. The van der Waals surface area contributed by atoms with Gasteiger partial charge in [0, 0.05) is 5.69 Å². The SMILES string of the molecule is CCS(=O)(=O)c1cccc(-c2ccc(-c3cc(C(F)(F)F)nn3CC(=O)OCSN(C)C)[nH]2)c1. The van der Waals surface area contributed by atoms with Crippen molar-refractivity contribution in [2.75, 3.05) is 25.8 Å². The first-order chi connectivity index (χ1) is 15.9. The van der Waals surface area contributed by atoms with Gasteiger partial charge in [-0.25, -0.2) is 8.42 Å². The van der Waals surface area contributed by atoms with E-state index in [0.717, 1.165) is 10.7 Å². The first-order valence-corrected chi connectivity index (χ1v) is 12.6. The van der Waals surface area contributed by atoms with Gasteiger partial charge in [0.25, 0.3) is 0 Å². The van der Waals surface area contributed by atoms with Crippen molar-refractivity contribution >= 4 is 27.8 Å². The van der Waals surface area contributed by atoms with Crippen LogP contribution in [0.1, 0.15) is 12.6 Å². The van der Waals surface area contributed by atoms with Crippen LogP contribution in [0.4, 0.5) is 13.2 Å². The van der Waals surface area contributed by atoms with E-state index in [0.29, 0.717) is 11.3 Å². The average Bonchev–Trinajstić information content (AvgIpc) is 3.40. The highest BCUT2D eigenvalue weighted by molar-refractivity contribution is 7.96. The fourth-order valence-corrected chi connectivity index (χ4v) is 4.32. The van der Waals surface area contributed by atoms with E-state index in [1.54, 1.807) is 43.5 Å². The van der Waals surface area contributed by atoms with Crippen molar-refractivity contribution in [3.05, 3.63) is 48.2 Å². The van der Waals surface area contributed by atoms with Gasteiger partial charge in [0.2, 0.25) is 0 Å². The van der Waals surface area contributed by atoms with Gasteiger partial charge in [0.15, 0.2) is 21.5 Å². The minimum Gasteiger partial charge on any atom is -0.452 e. The number of ether oxygens (including phenoxy) is 1. The van der Waals surface area contributed by atoms with Crippen molar-refractivity contribution in [3.63, 3.8) is 0 Å². The number of aromatic amines is 1. The fourth-order valence-electron chi connectivity index (χ4n) is 2.99. The summed E-state index contributed by atoms with van der Waals surface area (Å²) in [5.74, 6) is -0.788. The number of hydrogen-bond donors (Lipinski definition) is 1. The first-order valence-electron chi connectivity index (χ1n) is 10.0. The molecule has 1 aromatic carbocycles. The Kier molecular flexibility index (Phi) is 7.78. The van der Waals surface area contributed by atoms with Crippen molar-refractivity contribution in [2.45, 2.75) is 24.5 Å². The summed E-state index contributed by atoms with van der Waals surface area (Å²) in [6.07, 6.45) is -4.71. The molecule has 0 atom stereocenters. The molecule has 0 fully saturated rings. The molecule has 0 amide bonds. The third-order valence-electron chi connectivity index (χ3n) is 4.73. The number of alkyl halides is 3. The second kappa shape index (κ2) is 10.2. The van der Waals surface area contributed by atoms with Gasteiger partial charge in [0.05, 0.1) is 22.0 Å². The average molecular weight is 517 g/mol. The molecule has 0 aliphatic rings. The largest absolute Gasteiger partial charge is 0.452 e. The Balaban J connectivity index is 1.92. The molecule has 2 heterocycles. The number of aromatic nitrogens is 3. The van der Waals surface area contributed by atoms with Gasteiger partial charge < -0.3 is 9.72 Å². The maximum Gasteiger partial charge on any atom is 0.435 e. The maximum atomic E-state index is 13.3. The molecular formula is C21H23F3N4O4S2. The summed E-state index contributed by atoms with van der Waals surface area (Å²) < 4.78 is 72.0. The summed E-state index contributed by atoms with van der Waals surface area (Å²) in [4.78, 5) is 15.3. The number of nitrogens with zero attached hydrogens (tertiary/aromatic N) is 3. The first kappa shape index (κ1) is 25.8. The Morgan fingerprint density at radius 2 is 1.88 bits per heavy atom. The predicted octanol–water partition coefficient (Wildman–Crippen LogP) is 4.07. The predicted molar refractivity (Wildman–Crippen MR) is 122 cm³/mol. The van der Waals surface area contributed by atoms with Crippen LogP contribution >= 0.6 is 11.9 Å². The Morgan fingerprint density at radius 3 is 2.53 bits per heavy atom. The van der Waals surface area contributed by atoms with Crippen molar-refractivity contribution in [1.82, 2.24) is 19.1 Å². The zero-order chi connectivity index (χ0) is 25.1. The van der Waals surface area contributed by atoms with Gasteiger partial charge >= 0.3 is 12.1 Å². The minimum atomic E-state index is -4.71. The van der Waals surface area contributed by atoms with E-state index in [1.165, 1.54) is 30.1 Å². The van der Waals surface area contributed by atoms with Gasteiger partial charge in [-0.2, -0.15) is 18.3 Å². The number of hydrogen-bond acceptors (Lipinski definition) is 7. The molecule has 0 saturated heterocycles. The van der Waals surface area contributed by atoms with Crippen molar-refractivity contribution < 1.29 is 31.1 Å². The second-order valence-electron chi connectivity index (χ2n) is 7.36. The van der Waals surface area contributed by atoms with Gasteiger partial charge in [-0.3, -0.25) is 13.8 Å². The molecule has 8 nitrogen and oxygen atoms in total. The quantitative estimate of drug-likeness (QED) is 0.260. The van der Waals surface area contributed by atoms with Crippen molar-refractivity contribution in [1.29, 1.82) is 0 Å². The molecular weight excluding hydrogens is 493 g/mol. The lowest BCUT2D eigenvalue weighted by Crippen LogP contribution is -2.17. The van der Waals surface area contributed by atoms with Crippen LogP contribution in [0.15, 0.2) is 47.4 Å². The van der Waals surface area contributed by atoms with E-state index in [2.05, 4.69) is 10.1 Å². The van der Waals surface area contributed by atoms with Gasteiger partial charge in [-0.05, 0) is 61.9 Å². The van der Waals surface area contributed by atoms with Crippen LogP contribution in [-0.4, -0.2) is 59.2 Å². The molecule has 34 heavy (non-hydrogen) atoms. The smallest absolute Gasteiger partial charge is 0.435 e. The third kappa shape index (κ3) is 6.21. The number of rotatable bonds is 9. The second-order valence-corrected chi connectivity index (χ2v) is 10.9. The summed E-state index contributed by atoms with van der Waals surface area (Å²) in [5.41, 5.74) is 0.202. The number of benzene rings is 1. The molecule has 0 spiro atoms. The Labute approximate surface area is 199 Å². The van der Waals surface area contributed by atoms with Gasteiger partial charge in [0.1, 0.15) is 6.54 Å². The summed E-state index contributed by atoms with van der Waals surface area (Å²) in [6.45, 7) is 1.02. The summed E-state index contributed by atoms with van der Waals surface area (Å²) in [7, 11) is 0.0900. The monoisotopic (exact) mass is 516 g/mol. The molecule has 184 valence electrons. The van der Waals surface area contributed by atoms with Gasteiger partial charge in [-0.1, -0.05) is 19.1 Å². The molecule has 2 aromatic heterocycles. The standard InChI is InChI=1S/C21H23F3N4O4S2/c1-4-34(30,31)15-7-5-6-14(10-15)16-8-9-17(25-16)18-11-19(21(22,23)24)26-28(18)12-20(29)32-13-33-27(2)3/h5-11,25H,4,12-13H2,1-3H3. The van der Waals surface area contributed by atoms with E-state index in [-0.39, 0.29) is 28.0 Å². The molecule has 0 radical (unpaired) electrons. The van der Waals surface area contributed by atoms with Crippen LogP contribution in [0.5, 0.6) is 0 Å². The Morgan fingerprint density at radius 1 is 1.18 bits per heavy atom. The molecule has 1 N–H and O–H groups in total. The molecule has 3 rings (SSSR count). The van der Waals surface area contributed by atoms with E-state index >= 15 is 0 Å². The van der Waals surface area contributed by atoms with E-state index in [4.69, 9.17) is 4.74 Å². The molecule has 0 aliphatic carbocycles. The lowest BCUT2D eigenvalue weighted by atomic mass is 10.2. The number of halogens is 3. The molecule has 13 heteroatoms. The third-order valence-corrected chi connectivity index (χ3v) is 7.20. The summed E-state index contributed by atoms with van der Waals surface area (Å²) in [5, 5.41) is 3.55. The highest BCUT2D eigenvalue weighted by Crippen LogP contribution is 2.33. The number of esters is 1. The highest BCUT2D eigenvalue weighted by atomic mass is 32.2. The normalized spacial score (nSPS) is 12.3. The Bertz CT molecular complexity index is 1270. The van der Waals surface area contributed by atoms with Crippen LogP contribution in [-0.2, 0) is 32.1 Å². The van der Waals surface area contributed by atoms with Crippen molar-refractivity contribution in [2.24, 2.45) is 0 Å². The highest BCUT2D eigenvalue weighted by Gasteiger charge is 2.35. The Hall–Kier alpha value is -2.77. The van der Waals surface area contributed by atoms with Crippen LogP contribution in [0, 0.1) is 0 Å². The van der Waals surface area contributed by atoms with E-state index in [1.807, 2.05) is 0 Å². The lowest BCUT2D eigenvalue weighted by Gasteiger charge is -2.10. The van der Waals surface area contributed by atoms with E-state index < -0.39 is 34.2 Å². The zero-order valence-electron chi connectivity index (χ0n) is 18.6. The van der Waals surface area contributed by atoms with Crippen LogP contribution in [0.25, 0.3) is 22.6 Å². The number of H-pyrrole nitrogens is 1. The maximum absolute atomic E-state index is 13.3. The van der Waals surface area contributed by atoms with E-state index in [9.17, 15) is 26.4 Å². The molecule has 0 aliphatic heterocycles. The molecule has 0 saturated carbocycles. The fraction of sp³-hybridized carbons (Fsp3) is 0.333. The molecule has 0 bridgehead atoms. The van der Waals surface area contributed by atoms with Crippen LogP contribution in [0.2, 0.25) is 0 Å². The van der Waals surface area contributed by atoms with Gasteiger partial charge in [-0.15, -0.1) is 0 Å². The minimum absolute atomic E-state index is 0.0121. The lowest BCUT2D eigenvalue weighted by molar-refractivity contribution is -0.144.